The summed E-state index contributed by atoms with van der Waals surface area (Å²) < 4.78 is 13.0. The first kappa shape index (κ1) is 15.5. The molecule has 0 bridgehead atoms. The number of hydrogen-bond donors (Lipinski definition) is 2. The van der Waals surface area contributed by atoms with Crippen molar-refractivity contribution < 1.29 is 9.18 Å². The first-order valence-corrected chi connectivity index (χ1v) is 8.63. The van der Waals surface area contributed by atoms with Crippen LogP contribution in [0, 0.1) is 5.82 Å². The molecule has 0 aliphatic heterocycles. The van der Waals surface area contributed by atoms with E-state index in [2.05, 4.69) is 15.3 Å². The molecule has 2 N–H and O–H groups in total. The maximum atomic E-state index is 13.0. The van der Waals surface area contributed by atoms with E-state index in [1.165, 1.54) is 23.5 Å². The fourth-order valence-corrected chi connectivity index (χ4v) is 3.59. The van der Waals surface area contributed by atoms with Crippen LogP contribution in [0.15, 0.2) is 60.2 Å². The lowest BCUT2D eigenvalue weighted by Gasteiger charge is -2.07. The molecule has 4 aromatic rings. The zero-order chi connectivity index (χ0) is 17.2. The van der Waals surface area contributed by atoms with Gasteiger partial charge < -0.3 is 10.3 Å². The second-order valence-corrected chi connectivity index (χ2v) is 6.54. The molecule has 0 unspecified atom stereocenters. The average molecular weight is 351 g/mol. The van der Waals surface area contributed by atoms with E-state index >= 15 is 0 Å². The van der Waals surface area contributed by atoms with Crippen molar-refractivity contribution in [3.05, 3.63) is 82.1 Å². The van der Waals surface area contributed by atoms with E-state index in [0.717, 1.165) is 22.2 Å². The second kappa shape index (κ2) is 6.49. The summed E-state index contributed by atoms with van der Waals surface area (Å²) in [6.45, 7) is 0. The highest BCUT2D eigenvalue weighted by Crippen LogP contribution is 2.25. The number of pyridine rings is 1. The number of nitrogens with zero attached hydrogens (tertiary/aromatic N) is 1. The fourth-order valence-electron chi connectivity index (χ4n) is 2.77. The number of benzene rings is 1. The van der Waals surface area contributed by atoms with Gasteiger partial charge >= 0.3 is 0 Å². The Morgan fingerprint density at radius 2 is 1.96 bits per heavy atom. The molecule has 0 aliphatic carbocycles. The Labute approximate surface area is 147 Å². The number of carbonyl (C=O) groups is 1. The number of hydrogen-bond acceptors (Lipinski definition) is 3. The summed E-state index contributed by atoms with van der Waals surface area (Å²) in [6, 6.07) is 11.7. The Morgan fingerprint density at radius 3 is 2.80 bits per heavy atom. The van der Waals surface area contributed by atoms with Crippen LogP contribution < -0.4 is 5.32 Å². The minimum atomic E-state index is -0.331. The van der Waals surface area contributed by atoms with E-state index in [-0.39, 0.29) is 11.7 Å². The average Bonchev–Trinajstić information content (AvgIpc) is 3.26. The number of rotatable bonds is 4. The molecular formula is C19H14FN3OS. The van der Waals surface area contributed by atoms with E-state index < -0.39 is 0 Å². The van der Waals surface area contributed by atoms with E-state index in [0.29, 0.717) is 17.0 Å². The number of carbonyl (C=O) groups excluding carboxylic acids is 1. The number of nitrogens with one attached hydrogen (secondary N) is 2. The van der Waals surface area contributed by atoms with Gasteiger partial charge in [0.25, 0.3) is 5.91 Å². The Morgan fingerprint density at radius 1 is 1.12 bits per heavy atom. The third-order valence-corrected chi connectivity index (χ3v) is 4.94. The molecule has 0 atom stereocenters. The summed E-state index contributed by atoms with van der Waals surface area (Å²) in [7, 11) is 0. The molecule has 4 nitrogen and oxygen atoms in total. The van der Waals surface area contributed by atoms with Crippen LogP contribution in [-0.4, -0.2) is 15.9 Å². The van der Waals surface area contributed by atoms with Crippen LogP contribution in [0.4, 0.5) is 10.1 Å². The maximum Gasteiger partial charge on any atom is 0.266 e. The van der Waals surface area contributed by atoms with E-state index in [1.54, 1.807) is 18.3 Å². The van der Waals surface area contributed by atoms with Gasteiger partial charge in [-0.25, -0.2) is 9.37 Å². The fraction of sp³-hybridized carbons (Fsp3) is 0.0526. The summed E-state index contributed by atoms with van der Waals surface area (Å²) >= 11 is 1.40. The minimum absolute atomic E-state index is 0.184. The SMILES string of the molecule is O=C(Nc1ccc(F)cc1)c1sccc1Cc1ccnc2[nH]ccc12. The molecular weight excluding hydrogens is 337 g/mol. The van der Waals surface area contributed by atoms with Crippen LogP contribution in [-0.2, 0) is 6.42 Å². The lowest BCUT2D eigenvalue weighted by atomic mass is 10.0. The molecule has 0 saturated carbocycles. The zero-order valence-electron chi connectivity index (χ0n) is 13.1. The van der Waals surface area contributed by atoms with Gasteiger partial charge in [0.1, 0.15) is 11.5 Å². The Hall–Kier alpha value is -2.99. The lowest BCUT2D eigenvalue weighted by molar-refractivity contribution is 0.103. The van der Waals surface area contributed by atoms with Crippen molar-refractivity contribution in [3.8, 4) is 0 Å². The topological polar surface area (TPSA) is 57.8 Å². The number of aromatic amines is 1. The Kier molecular flexibility index (Phi) is 4.03. The Balaban J connectivity index is 1.59. The van der Waals surface area contributed by atoms with Gasteiger partial charge in [-0.05, 0) is 65.4 Å². The van der Waals surface area contributed by atoms with Gasteiger partial charge in [0.15, 0.2) is 0 Å². The van der Waals surface area contributed by atoms with Crippen LogP contribution in [0.2, 0.25) is 0 Å². The molecule has 1 amide bonds. The molecule has 6 heteroatoms. The van der Waals surface area contributed by atoms with Crippen molar-refractivity contribution in [3.63, 3.8) is 0 Å². The third-order valence-electron chi connectivity index (χ3n) is 3.99. The molecule has 3 heterocycles. The maximum absolute atomic E-state index is 13.0. The highest BCUT2D eigenvalue weighted by Gasteiger charge is 2.15. The highest BCUT2D eigenvalue weighted by molar-refractivity contribution is 7.12. The predicted molar refractivity (Wildman–Crippen MR) is 97.6 cm³/mol. The smallest absolute Gasteiger partial charge is 0.266 e. The molecule has 0 spiro atoms. The lowest BCUT2D eigenvalue weighted by Crippen LogP contribution is -2.12. The van der Waals surface area contributed by atoms with E-state index in [9.17, 15) is 9.18 Å². The van der Waals surface area contributed by atoms with Crippen LogP contribution in [0.3, 0.4) is 0 Å². The van der Waals surface area contributed by atoms with Crippen molar-refractivity contribution in [2.75, 3.05) is 5.32 Å². The van der Waals surface area contributed by atoms with Gasteiger partial charge in [-0.3, -0.25) is 4.79 Å². The van der Waals surface area contributed by atoms with E-state index in [4.69, 9.17) is 0 Å². The quantitative estimate of drug-likeness (QED) is 0.564. The van der Waals surface area contributed by atoms with E-state index in [1.807, 2.05) is 29.8 Å². The minimum Gasteiger partial charge on any atom is -0.346 e. The third kappa shape index (κ3) is 3.16. The van der Waals surface area contributed by atoms with Gasteiger partial charge in [-0.15, -0.1) is 11.3 Å². The van der Waals surface area contributed by atoms with Gasteiger partial charge in [0.05, 0.1) is 4.88 Å². The number of H-pyrrole nitrogens is 1. The van der Waals surface area contributed by atoms with Crippen LogP contribution in [0.1, 0.15) is 20.8 Å². The molecule has 0 aliphatic rings. The van der Waals surface area contributed by atoms with Gasteiger partial charge in [-0.2, -0.15) is 0 Å². The zero-order valence-corrected chi connectivity index (χ0v) is 13.9. The number of aromatic nitrogens is 2. The molecule has 25 heavy (non-hydrogen) atoms. The standard InChI is InChI=1S/C19H14FN3OS/c20-14-1-3-15(4-2-14)23-19(24)17-13(7-10-25-17)11-12-5-8-21-18-16(12)6-9-22-18/h1-10H,11H2,(H,21,22)(H,23,24). The summed E-state index contributed by atoms with van der Waals surface area (Å²) in [5, 5.41) is 5.78. The number of amides is 1. The van der Waals surface area contributed by atoms with Crippen molar-refractivity contribution in [2.45, 2.75) is 6.42 Å². The summed E-state index contributed by atoms with van der Waals surface area (Å²) in [6.07, 6.45) is 4.27. The largest absolute Gasteiger partial charge is 0.346 e. The van der Waals surface area contributed by atoms with Gasteiger partial charge in [0, 0.05) is 23.5 Å². The molecule has 0 fully saturated rings. The molecule has 3 aromatic heterocycles. The van der Waals surface area contributed by atoms with Crippen molar-refractivity contribution in [2.24, 2.45) is 0 Å². The predicted octanol–water partition coefficient (Wildman–Crippen LogP) is 4.61. The molecule has 124 valence electrons. The number of fused-ring (bicyclic) bond motifs is 1. The van der Waals surface area contributed by atoms with Crippen LogP contribution in [0.5, 0.6) is 0 Å². The van der Waals surface area contributed by atoms with Crippen LogP contribution in [0.25, 0.3) is 11.0 Å². The molecule has 4 rings (SSSR count). The Bertz CT molecular complexity index is 1040. The molecule has 0 saturated heterocycles. The second-order valence-electron chi connectivity index (χ2n) is 5.62. The van der Waals surface area contributed by atoms with Crippen molar-refractivity contribution in [1.29, 1.82) is 0 Å². The first-order valence-electron chi connectivity index (χ1n) is 7.75. The number of halogens is 1. The molecule has 0 radical (unpaired) electrons. The summed E-state index contributed by atoms with van der Waals surface area (Å²) in [4.78, 5) is 20.6. The monoisotopic (exact) mass is 351 g/mol. The summed E-state index contributed by atoms with van der Waals surface area (Å²) in [5.74, 6) is -0.515. The normalized spacial score (nSPS) is 10.9. The first-order chi connectivity index (χ1) is 12.2. The molecule has 1 aromatic carbocycles. The highest BCUT2D eigenvalue weighted by atomic mass is 32.1. The van der Waals surface area contributed by atoms with Gasteiger partial charge in [0.2, 0.25) is 0 Å². The van der Waals surface area contributed by atoms with Gasteiger partial charge in [-0.1, -0.05) is 0 Å². The number of thiophene rings is 1. The van der Waals surface area contributed by atoms with Crippen molar-refractivity contribution >= 4 is 34.0 Å². The number of anilines is 1. The van der Waals surface area contributed by atoms with Crippen LogP contribution >= 0.6 is 11.3 Å². The summed E-state index contributed by atoms with van der Waals surface area (Å²) in [5.41, 5.74) is 3.48. The van der Waals surface area contributed by atoms with Crippen molar-refractivity contribution in [1.82, 2.24) is 9.97 Å².